The van der Waals surface area contributed by atoms with Crippen molar-refractivity contribution >= 4 is 17.7 Å². The van der Waals surface area contributed by atoms with Crippen LogP contribution in [0.4, 0.5) is 4.39 Å². The minimum Gasteiger partial charge on any atom is -0.352 e. The predicted octanol–water partition coefficient (Wildman–Crippen LogP) is 5.96. The Bertz CT molecular complexity index is 844. The molecule has 2 aromatic carbocycles. The van der Waals surface area contributed by atoms with Gasteiger partial charge in [-0.3, -0.25) is 4.79 Å². The Morgan fingerprint density at radius 3 is 2.48 bits per heavy atom. The van der Waals surface area contributed by atoms with Gasteiger partial charge in [-0.25, -0.2) is 4.39 Å². The monoisotopic (exact) mass is 411 g/mol. The maximum Gasteiger partial charge on any atom is 0.251 e. The van der Waals surface area contributed by atoms with Crippen LogP contribution in [0.3, 0.4) is 0 Å². The molecule has 3 aliphatic carbocycles. The van der Waals surface area contributed by atoms with Crippen LogP contribution in [0.25, 0.3) is 0 Å². The summed E-state index contributed by atoms with van der Waals surface area (Å²) in [6.07, 6.45) is 4.83. The minimum atomic E-state index is -0.202. The first kappa shape index (κ1) is 20.5. The van der Waals surface area contributed by atoms with E-state index in [-0.39, 0.29) is 11.7 Å². The van der Waals surface area contributed by atoms with Gasteiger partial charge in [-0.15, -0.1) is 11.8 Å². The van der Waals surface area contributed by atoms with Gasteiger partial charge >= 0.3 is 0 Å². The fourth-order valence-electron chi connectivity index (χ4n) is 5.17. The van der Waals surface area contributed by atoms with Crippen LogP contribution in [-0.4, -0.2) is 18.2 Å². The van der Waals surface area contributed by atoms with Crippen LogP contribution in [0, 0.1) is 29.0 Å². The van der Waals surface area contributed by atoms with E-state index in [1.807, 2.05) is 36.4 Å². The van der Waals surface area contributed by atoms with Gasteiger partial charge in [0.25, 0.3) is 5.91 Å². The van der Waals surface area contributed by atoms with Gasteiger partial charge in [0, 0.05) is 22.8 Å². The fourth-order valence-corrected chi connectivity index (χ4v) is 6.08. The molecule has 3 atom stereocenters. The van der Waals surface area contributed by atoms with Crippen molar-refractivity contribution in [2.24, 2.45) is 23.2 Å². The third-order valence-electron chi connectivity index (χ3n) is 7.22. The van der Waals surface area contributed by atoms with Gasteiger partial charge in [-0.2, -0.15) is 0 Å². The van der Waals surface area contributed by atoms with E-state index in [0.29, 0.717) is 11.3 Å². The Morgan fingerprint density at radius 2 is 1.83 bits per heavy atom. The molecule has 2 aromatic rings. The molecule has 1 N–H and O–H groups in total. The fraction of sp³-hybridized carbons (Fsp3) is 0.480. The third kappa shape index (κ3) is 4.53. The van der Waals surface area contributed by atoms with Crippen LogP contribution >= 0.6 is 11.8 Å². The Morgan fingerprint density at radius 1 is 1.10 bits per heavy atom. The van der Waals surface area contributed by atoms with Crippen molar-refractivity contribution in [1.82, 2.24) is 5.32 Å². The zero-order valence-electron chi connectivity index (χ0n) is 17.3. The SMILES string of the molecule is CC1(C)C2CCC(CNC(=O)c3ccc(CCSc4ccc(F)cc4)cc3)C1C2. The summed E-state index contributed by atoms with van der Waals surface area (Å²) in [5.41, 5.74) is 2.41. The van der Waals surface area contributed by atoms with Crippen LogP contribution in [0.2, 0.25) is 0 Å². The number of halogens is 1. The molecular formula is C25H30FNOS. The summed E-state index contributed by atoms with van der Waals surface area (Å²) in [5.74, 6) is 3.05. The summed E-state index contributed by atoms with van der Waals surface area (Å²) in [6, 6.07) is 14.5. The molecule has 3 aliphatic rings. The topological polar surface area (TPSA) is 29.1 Å². The summed E-state index contributed by atoms with van der Waals surface area (Å²) in [6.45, 7) is 5.59. The number of fused-ring (bicyclic) bond motifs is 2. The van der Waals surface area contributed by atoms with Gasteiger partial charge in [0.05, 0.1) is 0 Å². The highest BCUT2D eigenvalue weighted by molar-refractivity contribution is 7.99. The lowest BCUT2D eigenvalue weighted by molar-refractivity contribution is -0.103. The normalized spacial score (nSPS) is 24.6. The molecular weight excluding hydrogens is 381 g/mol. The second kappa shape index (κ2) is 8.51. The molecule has 1 amide bonds. The highest BCUT2D eigenvalue weighted by atomic mass is 32.2. The maximum absolute atomic E-state index is 13.0. The van der Waals surface area contributed by atoms with Gasteiger partial charge in [-0.1, -0.05) is 26.0 Å². The third-order valence-corrected chi connectivity index (χ3v) is 8.23. The van der Waals surface area contributed by atoms with E-state index in [1.54, 1.807) is 11.8 Å². The number of hydrogen-bond donors (Lipinski definition) is 1. The largest absolute Gasteiger partial charge is 0.352 e. The Balaban J connectivity index is 1.23. The van der Waals surface area contributed by atoms with Crippen molar-refractivity contribution < 1.29 is 9.18 Å². The first-order chi connectivity index (χ1) is 13.9. The summed E-state index contributed by atoms with van der Waals surface area (Å²) in [5, 5.41) is 3.18. The van der Waals surface area contributed by atoms with Crippen molar-refractivity contribution in [2.45, 2.75) is 44.4 Å². The lowest BCUT2D eigenvalue weighted by atomic mass is 9.45. The quantitative estimate of drug-likeness (QED) is 0.569. The summed E-state index contributed by atoms with van der Waals surface area (Å²) < 4.78 is 13.0. The first-order valence-corrected chi connectivity index (χ1v) is 11.7. The maximum atomic E-state index is 13.0. The van der Waals surface area contributed by atoms with Crippen LogP contribution in [0.15, 0.2) is 53.4 Å². The molecule has 154 valence electrons. The van der Waals surface area contributed by atoms with Crippen LogP contribution in [0.5, 0.6) is 0 Å². The lowest BCUT2D eigenvalue weighted by Crippen LogP contribution is -2.54. The molecule has 0 heterocycles. The standard InChI is InChI=1S/C25H30FNOS/c1-25(2)20-8-7-19(23(25)15-20)16-27-24(28)18-5-3-17(4-6-18)13-14-29-22-11-9-21(26)10-12-22/h3-6,9-12,19-20,23H,7-8,13-16H2,1-2H3,(H,27,28). The predicted molar refractivity (Wildman–Crippen MR) is 118 cm³/mol. The number of hydrogen-bond acceptors (Lipinski definition) is 2. The second-order valence-corrected chi connectivity index (χ2v) is 10.3. The molecule has 2 nitrogen and oxygen atoms in total. The zero-order chi connectivity index (χ0) is 20.4. The Kier molecular flexibility index (Phi) is 6.00. The van der Waals surface area contributed by atoms with Crippen molar-refractivity contribution in [2.75, 3.05) is 12.3 Å². The average molecular weight is 412 g/mol. The Hall–Kier alpha value is -1.81. The van der Waals surface area contributed by atoms with E-state index in [1.165, 1.54) is 37.0 Å². The number of benzene rings is 2. The number of nitrogens with one attached hydrogen (secondary N) is 1. The number of carbonyl (C=O) groups excluding carboxylic acids is 1. The van der Waals surface area contributed by atoms with Gasteiger partial charge < -0.3 is 5.32 Å². The van der Waals surface area contributed by atoms with Gasteiger partial charge in [0.1, 0.15) is 5.82 Å². The highest BCUT2D eigenvalue weighted by Gasteiger charge is 2.53. The van der Waals surface area contributed by atoms with Gasteiger partial charge in [0.2, 0.25) is 0 Å². The number of rotatable bonds is 7. The van der Waals surface area contributed by atoms with E-state index in [9.17, 15) is 9.18 Å². The average Bonchev–Trinajstić information content (AvgIpc) is 2.74. The lowest BCUT2D eigenvalue weighted by Gasteiger charge is -2.60. The molecule has 0 aromatic heterocycles. The van der Waals surface area contributed by atoms with Crippen molar-refractivity contribution in [3.63, 3.8) is 0 Å². The molecule has 0 radical (unpaired) electrons. The van der Waals surface area contributed by atoms with Crippen molar-refractivity contribution in [3.8, 4) is 0 Å². The number of carbonyl (C=O) groups is 1. The van der Waals surface area contributed by atoms with Gasteiger partial charge in [0.15, 0.2) is 0 Å². The molecule has 5 rings (SSSR count). The first-order valence-electron chi connectivity index (χ1n) is 10.7. The van der Waals surface area contributed by atoms with Crippen molar-refractivity contribution in [1.29, 1.82) is 0 Å². The minimum absolute atomic E-state index is 0.0384. The van der Waals surface area contributed by atoms with Crippen LogP contribution in [0.1, 0.15) is 49.0 Å². The van der Waals surface area contributed by atoms with E-state index in [4.69, 9.17) is 0 Å². The molecule has 0 aliphatic heterocycles. The smallest absolute Gasteiger partial charge is 0.251 e. The number of amides is 1. The Labute approximate surface area is 177 Å². The molecule has 0 spiro atoms. The van der Waals surface area contributed by atoms with Crippen molar-refractivity contribution in [3.05, 3.63) is 65.5 Å². The second-order valence-electron chi connectivity index (χ2n) is 9.16. The zero-order valence-corrected chi connectivity index (χ0v) is 18.1. The van der Waals surface area contributed by atoms with E-state index in [0.717, 1.165) is 41.0 Å². The molecule has 29 heavy (non-hydrogen) atoms. The van der Waals surface area contributed by atoms with Crippen LogP contribution < -0.4 is 5.32 Å². The molecule has 3 saturated carbocycles. The molecule has 0 saturated heterocycles. The highest BCUT2D eigenvalue weighted by Crippen LogP contribution is 2.61. The number of thioether (sulfide) groups is 1. The van der Waals surface area contributed by atoms with E-state index < -0.39 is 0 Å². The summed E-state index contributed by atoms with van der Waals surface area (Å²) in [4.78, 5) is 13.6. The molecule has 2 bridgehead atoms. The van der Waals surface area contributed by atoms with Gasteiger partial charge in [-0.05, 0) is 90.8 Å². The summed E-state index contributed by atoms with van der Waals surface area (Å²) >= 11 is 1.72. The summed E-state index contributed by atoms with van der Waals surface area (Å²) in [7, 11) is 0. The van der Waals surface area contributed by atoms with E-state index >= 15 is 0 Å². The number of aryl methyl sites for hydroxylation is 1. The van der Waals surface area contributed by atoms with Crippen LogP contribution in [-0.2, 0) is 6.42 Å². The molecule has 4 heteroatoms. The molecule has 3 fully saturated rings. The molecule has 3 unspecified atom stereocenters. The van der Waals surface area contributed by atoms with E-state index in [2.05, 4.69) is 19.2 Å².